The van der Waals surface area contributed by atoms with Gasteiger partial charge in [0.15, 0.2) is 0 Å². The van der Waals surface area contributed by atoms with E-state index in [-0.39, 0.29) is 28.5 Å². The predicted molar refractivity (Wildman–Crippen MR) is 99.2 cm³/mol. The SMILES string of the molecule is CC1=CC2(CCN(C(=O)CNS(=O)(=O)c3ccc(F)c(C)c3)CC2)OCC1. The number of nitrogens with one attached hydrogen (secondary N) is 1. The Morgan fingerprint density at radius 3 is 2.63 bits per heavy atom. The monoisotopic (exact) mass is 396 g/mol. The van der Waals surface area contributed by atoms with E-state index in [1.807, 2.05) is 0 Å². The Kier molecular flexibility index (Phi) is 5.69. The van der Waals surface area contributed by atoms with Gasteiger partial charge in [-0.05, 0) is 56.9 Å². The first-order valence-corrected chi connectivity index (χ1v) is 10.5. The minimum absolute atomic E-state index is 0.0528. The number of nitrogens with zero attached hydrogens (tertiary/aromatic N) is 1. The van der Waals surface area contributed by atoms with E-state index < -0.39 is 15.8 Å². The molecule has 1 N–H and O–H groups in total. The van der Waals surface area contributed by atoms with E-state index in [1.54, 1.807) is 4.90 Å². The number of hydrogen-bond donors (Lipinski definition) is 1. The number of piperidine rings is 1. The van der Waals surface area contributed by atoms with Crippen LogP contribution in [0.15, 0.2) is 34.7 Å². The topological polar surface area (TPSA) is 75.7 Å². The first-order chi connectivity index (χ1) is 12.7. The van der Waals surface area contributed by atoms with E-state index in [2.05, 4.69) is 17.7 Å². The second-order valence-corrected chi connectivity index (χ2v) is 9.04. The maximum atomic E-state index is 13.3. The van der Waals surface area contributed by atoms with Gasteiger partial charge in [0.1, 0.15) is 5.82 Å². The van der Waals surface area contributed by atoms with Gasteiger partial charge in [0.05, 0.1) is 23.6 Å². The summed E-state index contributed by atoms with van der Waals surface area (Å²) in [5.74, 6) is -0.745. The fraction of sp³-hybridized carbons (Fsp3) is 0.526. The molecule has 27 heavy (non-hydrogen) atoms. The number of rotatable bonds is 4. The molecule has 6 nitrogen and oxygen atoms in total. The van der Waals surface area contributed by atoms with E-state index in [9.17, 15) is 17.6 Å². The molecule has 0 saturated carbocycles. The molecule has 1 fully saturated rings. The van der Waals surface area contributed by atoms with E-state index >= 15 is 0 Å². The summed E-state index contributed by atoms with van der Waals surface area (Å²) in [6.07, 6.45) is 4.52. The Balaban J connectivity index is 1.57. The number of ether oxygens (including phenoxy) is 1. The Labute approximate surface area is 159 Å². The highest BCUT2D eigenvalue weighted by Crippen LogP contribution is 2.32. The number of halogens is 1. The average Bonchev–Trinajstić information content (AvgIpc) is 2.62. The fourth-order valence-corrected chi connectivity index (χ4v) is 4.60. The number of likely N-dealkylation sites (tertiary alicyclic amines) is 1. The van der Waals surface area contributed by atoms with Gasteiger partial charge in [-0.2, -0.15) is 0 Å². The number of carbonyl (C=O) groups is 1. The maximum absolute atomic E-state index is 13.3. The fourth-order valence-electron chi connectivity index (χ4n) is 3.54. The lowest BCUT2D eigenvalue weighted by atomic mass is 9.87. The van der Waals surface area contributed by atoms with Crippen molar-refractivity contribution in [1.82, 2.24) is 9.62 Å². The molecule has 0 radical (unpaired) electrons. The predicted octanol–water partition coefficient (Wildman–Crippen LogP) is 2.14. The molecule has 1 spiro atoms. The van der Waals surface area contributed by atoms with Crippen LogP contribution in [0.1, 0.15) is 31.7 Å². The van der Waals surface area contributed by atoms with Crippen LogP contribution in [-0.4, -0.2) is 51.1 Å². The van der Waals surface area contributed by atoms with Crippen molar-refractivity contribution in [2.24, 2.45) is 0 Å². The van der Waals surface area contributed by atoms with E-state index in [4.69, 9.17) is 4.74 Å². The lowest BCUT2D eigenvalue weighted by Crippen LogP contribution is -2.50. The van der Waals surface area contributed by atoms with E-state index in [0.29, 0.717) is 32.5 Å². The number of sulfonamides is 1. The van der Waals surface area contributed by atoms with Crippen LogP contribution >= 0.6 is 0 Å². The normalized spacial score (nSPS) is 19.8. The van der Waals surface area contributed by atoms with Crippen LogP contribution in [0.3, 0.4) is 0 Å². The van der Waals surface area contributed by atoms with Crippen molar-refractivity contribution in [3.05, 3.63) is 41.2 Å². The molecular formula is C19H25FN2O4S. The molecular weight excluding hydrogens is 371 g/mol. The zero-order valence-electron chi connectivity index (χ0n) is 15.6. The lowest BCUT2D eigenvalue weighted by molar-refractivity contribution is -0.135. The van der Waals surface area contributed by atoms with Gasteiger partial charge in [-0.15, -0.1) is 0 Å². The Hall–Kier alpha value is -1.77. The standard InChI is InChI=1S/C19H25FN2O4S/c1-14-5-10-26-19(12-14)6-8-22(9-7-19)18(23)13-21-27(24,25)16-3-4-17(20)15(2)11-16/h3-4,11-12,21H,5-10,13H2,1-2H3. The van der Waals surface area contributed by atoms with Gasteiger partial charge in [0.2, 0.25) is 15.9 Å². The third-order valence-corrected chi connectivity index (χ3v) is 6.61. The number of carbonyl (C=O) groups excluding carboxylic acids is 1. The molecule has 1 saturated heterocycles. The number of benzene rings is 1. The highest BCUT2D eigenvalue weighted by Gasteiger charge is 2.36. The molecule has 1 aromatic carbocycles. The van der Waals surface area contributed by atoms with Crippen LogP contribution < -0.4 is 4.72 Å². The Morgan fingerprint density at radius 1 is 1.30 bits per heavy atom. The molecule has 1 aromatic rings. The first kappa shape index (κ1) is 20.0. The summed E-state index contributed by atoms with van der Waals surface area (Å²) in [4.78, 5) is 14.0. The van der Waals surface area contributed by atoms with Crippen molar-refractivity contribution in [2.45, 2.75) is 43.6 Å². The van der Waals surface area contributed by atoms with Crippen molar-refractivity contribution >= 4 is 15.9 Å². The van der Waals surface area contributed by atoms with Crippen molar-refractivity contribution in [3.63, 3.8) is 0 Å². The van der Waals surface area contributed by atoms with Gasteiger partial charge in [-0.25, -0.2) is 17.5 Å². The Bertz CT molecular complexity index is 858. The van der Waals surface area contributed by atoms with E-state index in [0.717, 1.165) is 12.5 Å². The Morgan fingerprint density at radius 2 is 2.00 bits per heavy atom. The van der Waals surface area contributed by atoms with Crippen LogP contribution in [0.25, 0.3) is 0 Å². The molecule has 2 aliphatic rings. The third-order valence-electron chi connectivity index (χ3n) is 5.21. The molecule has 2 aliphatic heterocycles. The second-order valence-electron chi connectivity index (χ2n) is 7.27. The molecule has 8 heteroatoms. The highest BCUT2D eigenvalue weighted by molar-refractivity contribution is 7.89. The van der Waals surface area contributed by atoms with Gasteiger partial charge in [0.25, 0.3) is 0 Å². The van der Waals surface area contributed by atoms with E-state index in [1.165, 1.54) is 24.6 Å². The van der Waals surface area contributed by atoms with Crippen LogP contribution in [-0.2, 0) is 19.6 Å². The highest BCUT2D eigenvalue weighted by atomic mass is 32.2. The summed E-state index contributed by atoms with van der Waals surface area (Å²) in [6, 6.07) is 3.55. The second kappa shape index (κ2) is 7.69. The maximum Gasteiger partial charge on any atom is 0.241 e. The minimum atomic E-state index is -3.87. The lowest BCUT2D eigenvalue weighted by Gasteiger charge is -2.42. The van der Waals surface area contributed by atoms with Crippen molar-refractivity contribution in [3.8, 4) is 0 Å². The van der Waals surface area contributed by atoms with Gasteiger partial charge >= 0.3 is 0 Å². The van der Waals surface area contributed by atoms with Crippen LogP contribution in [0.2, 0.25) is 0 Å². The molecule has 148 valence electrons. The number of aryl methyl sites for hydroxylation is 1. The summed E-state index contributed by atoms with van der Waals surface area (Å²) >= 11 is 0. The quantitative estimate of drug-likeness (QED) is 0.792. The van der Waals surface area contributed by atoms with Crippen molar-refractivity contribution < 1.29 is 22.3 Å². The van der Waals surface area contributed by atoms with Gasteiger partial charge < -0.3 is 9.64 Å². The summed E-state index contributed by atoms with van der Waals surface area (Å²) in [7, 11) is -3.87. The molecule has 0 aliphatic carbocycles. The zero-order chi connectivity index (χ0) is 19.7. The van der Waals surface area contributed by atoms with Gasteiger partial charge in [0, 0.05) is 13.1 Å². The van der Waals surface area contributed by atoms with Crippen LogP contribution in [0.5, 0.6) is 0 Å². The summed E-state index contributed by atoms with van der Waals surface area (Å²) in [5.41, 5.74) is 1.26. The third kappa shape index (κ3) is 4.56. The van der Waals surface area contributed by atoms with Gasteiger partial charge in [-0.3, -0.25) is 4.79 Å². The van der Waals surface area contributed by atoms with Crippen LogP contribution in [0, 0.1) is 12.7 Å². The first-order valence-electron chi connectivity index (χ1n) is 9.07. The largest absolute Gasteiger partial charge is 0.370 e. The number of hydrogen-bond acceptors (Lipinski definition) is 4. The summed E-state index contributed by atoms with van der Waals surface area (Å²) < 4.78 is 46.2. The summed E-state index contributed by atoms with van der Waals surface area (Å²) in [6.45, 7) is 5.02. The smallest absolute Gasteiger partial charge is 0.241 e. The molecule has 0 unspecified atom stereocenters. The zero-order valence-corrected chi connectivity index (χ0v) is 16.4. The minimum Gasteiger partial charge on any atom is -0.370 e. The van der Waals surface area contributed by atoms with Crippen molar-refractivity contribution in [1.29, 1.82) is 0 Å². The molecule has 1 amide bonds. The van der Waals surface area contributed by atoms with Crippen LogP contribution in [0.4, 0.5) is 4.39 Å². The molecule has 0 bridgehead atoms. The molecule has 2 heterocycles. The molecule has 0 aromatic heterocycles. The number of amides is 1. The average molecular weight is 396 g/mol. The van der Waals surface area contributed by atoms with Gasteiger partial charge in [-0.1, -0.05) is 11.6 Å². The molecule has 3 rings (SSSR count). The van der Waals surface area contributed by atoms with Crippen molar-refractivity contribution in [2.75, 3.05) is 26.2 Å². The summed E-state index contributed by atoms with van der Waals surface area (Å²) in [5, 5.41) is 0. The molecule has 0 atom stereocenters.